The molecule has 0 aliphatic carbocycles. The highest BCUT2D eigenvalue weighted by molar-refractivity contribution is 5.06. The van der Waals surface area contributed by atoms with Crippen LogP contribution in [-0.4, -0.2) is 19.3 Å². The Hall–Kier alpha value is -1.58. The van der Waals surface area contributed by atoms with Gasteiger partial charge >= 0.3 is 0 Å². The van der Waals surface area contributed by atoms with Crippen molar-refractivity contribution in [2.24, 2.45) is 7.05 Å². The van der Waals surface area contributed by atoms with Crippen molar-refractivity contribution in [3.05, 3.63) is 35.7 Å². The van der Waals surface area contributed by atoms with Crippen LogP contribution < -0.4 is 0 Å². The van der Waals surface area contributed by atoms with Crippen LogP contribution >= 0.6 is 0 Å². The molecule has 0 radical (unpaired) electrons. The van der Waals surface area contributed by atoms with Gasteiger partial charge in [-0.25, -0.2) is 4.98 Å². The van der Waals surface area contributed by atoms with Gasteiger partial charge in [0.2, 0.25) is 0 Å². The van der Waals surface area contributed by atoms with Gasteiger partial charge in [0.25, 0.3) is 0 Å². The summed E-state index contributed by atoms with van der Waals surface area (Å²) in [5.74, 6) is 1.10. The average molecular weight is 204 g/mol. The Morgan fingerprint density at radius 3 is 2.67 bits per heavy atom. The van der Waals surface area contributed by atoms with E-state index in [1.54, 1.807) is 0 Å². The first-order valence-corrected chi connectivity index (χ1v) is 5.14. The Kier molecular flexibility index (Phi) is 2.58. The third-order valence-electron chi connectivity index (χ3n) is 2.57. The van der Waals surface area contributed by atoms with Gasteiger partial charge in [-0.15, -0.1) is 0 Å². The van der Waals surface area contributed by atoms with E-state index in [1.165, 1.54) is 5.69 Å². The fraction of sp³-hybridized carbons (Fsp3) is 0.455. The lowest BCUT2D eigenvalue weighted by Crippen LogP contribution is -2.08. The van der Waals surface area contributed by atoms with Crippen LogP contribution in [0.4, 0.5) is 0 Å². The molecule has 0 bridgehead atoms. The monoisotopic (exact) mass is 204 g/mol. The van der Waals surface area contributed by atoms with Gasteiger partial charge < -0.3 is 4.57 Å². The van der Waals surface area contributed by atoms with E-state index >= 15 is 0 Å². The Balaban J connectivity index is 2.05. The van der Waals surface area contributed by atoms with Gasteiger partial charge in [0.05, 0.1) is 5.69 Å². The van der Waals surface area contributed by atoms with Crippen molar-refractivity contribution in [3.8, 4) is 0 Å². The minimum Gasteiger partial charge on any atom is -0.338 e. The maximum Gasteiger partial charge on any atom is 0.110 e. The quantitative estimate of drug-likeness (QED) is 0.759. The second-order valence-corrected chi connectivity index (χ2v) is 3.85. The minimum absolute atomic E-state index is 0.893. The normalized spacial score (nSPS) is 10.9. The van der Waals surface area contributed by atoms with Gasteiger partial charge in [0, 0.05) is 38.1 Å². The molecule has 0 fully saturated rings. The van der Waals surface area contributed by atoms with Crippen molar-refractivity contribution >= 4 is 0 Å². The molecule has 4 nitrogen and oxygen atoms in total. The van der Waals surface area contributed by atoms with Crippen LogP contribution in [0.1, 0.15) is 17.2 Å². The van der Waals surface area contributed by atoms with Crippen molar-refractivity contribution in [1.29, 1.82) is 0 Å². The summed E-state index contributed by atoms with van der Waals surface area (Å²) in [5.41, 5.74) is 2.29. The summed E-state index contributed by atoms with van der Waals surface area (Å²) in [5, 5.41) is 4.42. The Labute approximate surface area is 89.6 Å². The van der Waals surface area contributed by atoms with Crippen LogP contribution in [0.25, 0.3) is 0 Å². The lowest BCUT2D eigenvalue weighted by Gasteiger charge is -2.04. The molecule has 0 saturated heterocycles. The number of aromatic nitrogens is 4. The van der Waals surface area contributed by atoms with Crippen molar-refractivity contribution in [1.82, 2.24) is 19.3 Å². The van der Waals surface area contributed by atoms with E-state index in [1.807, 2.05) is 35.6 Å². The summed E-state index contributed by atoms with van der Waals surface area (Å²) in [6.07, 6.45) is 4.72. The van der Waals surface area contributed by atoms with E-state index in [4.69, 9.17) is 0 Å². The van der Waals surface area contributed by atoms with Gasteiger partial charge in [0.1, 0.15) is 5.82 Å². The molecule has 0 atom stereocenters. The van der Waals surface area contributed by atoms with Gasteiger partial charge in [-0.3, -0.25) is 4.68 Å². The van der Waals surface area contributed by atoms with Gasteiger partial charge in [-0.2, -0.15) is 5.10 Å². The summed E-state index contributed by atoms with van der Waals surface area (Å²) in [6, 6.07) is 2.10. The molecule has 0 spiro atoms. The zero-order valence-electron chi connectivity index (χ0n) is 9.44. The predicted molar refractivity (Wildman–Crippen MR) is 58.6 cm³/mol. The first kappa shape index (κ1) is 9.96. The number of aryl methyl sites for hydroxylation is 5. The van der Waals surface area contributed by atoms with E-state index < -0.39 is 0 Å². The number of rotatable bonds is 3. The fourth-order valence-corrected chi connectivity index (χ4v) is 1.74. The highest BCUT2D eigenvalue weighted by atomic mass is 15.3. The topological polar surface area (TPSA) is 35.6 Å². The highest BCUT2D eigenvalue weighted by Crippen LogP contribution is 2.04. The molecular formula is C11H16N4. The largest absolute Gasteiger partial charge is 0.338 e. The highest BCUT2D eigenvalue weighted by Gasteiger charge is 2.03. The molecule has 0 aliphatic rings. The van der Waals surface area contributed by atoms with Crippen molar-refractivity contribution < 1.29 is 0 Å². The molecule has 0 amide bonds. The molecule has 15 heavy (non-hydrogen) atoms. The molecule has 2 aromatic rings. The van der Waals surface area contributed by atoms with Crippen molar-refractivity contribution in [2.45, 2.75) is 26.8 Å². The van der Waals surface area contributed by atoms with Gasteiger partial charge in [0.15, 0.2) is 0 Å². The summed E-state index contributed by atoms with van der Waals surface area (Å²) in [7, 11) is 2.02. The first-order chi connectivity index (χ1) is 7.16. The van der Waals surface area contributed by atoms with Crippen LogP contribution in [0.3, 0.4) is 0 Å². The lowest BCUT2D eigenvalue weighted by atomic mass is 10.3. The molecule has 0 N–H and O–H groups in total. The first-order valence-electron chi connectivity index (χ1n) is 5.14. The van der Waals surface area contributed by atoms with Crippen LogP contribution in [0.5, 0.6) is 0 Å². The smallest absolute Gasteiger partial charge is 0.110 e. The molecule has 2 aromatic heterocycles. The SMILES string of the molecule is Cc1cc(C)n(CCc2nccn2C)n1. The third kappa shape index (κ3) is 2.09. The summed E-state index contributed by atoms with van der Waals surface area (Å²) < 4.78 is 4.08. The molecular weight excluding hydrogens is 188 g/mol. The van der Waals surface area contributed by atoms with Gasteiger partial charge in [-0.05, 0) is 19.9 Å². The predicted octanol–water partition coefficient (Wildman–Crippen LogP) is 1.48. The number of imidazole rings is 1. The molecule has 0 aromatic carbocycles. The van der Waals surface area contributed by atoms with E-state index in [0.717, 1.165) is 24.5 Å². The molecule has 80 valence electrons. The maximum atomic E-state index is 4.42. The lowest BCUT2D eigenvalue weighted by molar-refractivity contribution is 0.573. The van der Waals surface area contributed by atoms with Gasteiger partial charge in [-0.1, -0.05) is 0 Å². The molecule has 0 saturated carbocycles. The third-order valence-corrected chi connectivity index (χ3v) is 2.57. The summed E-state index contributed by atoms with van der Waals surface area (Å²) in [4.78, 5) is 4.29. The summed E-state index contributed by atoms with van der Waals surface area (Å²) in [6.45, 7) is 4.99. The minimum atomic E-state index is 0.893. The second kappa shape index (κ2) is 3.88. The molecule has 4 heteroatoms. The van der Waals surface area contributed by atoms with Crippen molar-refractivity contribution in [3.63, 3.8) is 0 Å². The Bertz CT molecular complexity index is 453. The molecule has 2 heterocycles. The maximum absolute atomic E-state index is 4.42. The zero-order chi connectivity index (χ0) is 10.8. The van der Waals surface area contributed by atoms with E-state index in [2.05, 4.69) is 23.1 Å². The molecule has 0 aliphatic heterocycles. The van der Waals surface area contributed by atoms with Crippen LogP contribution in [-0.2, 0) is 20.0 Å². The van der Waals surface area contributed by atoms with Crippen molar-refractivity contribution in [2.75, 3.05) is 0 Å². The second-order valence-electron chi connectivity index (χ2n) is 3.85. The van der Waals surface area contributed by atoms with E-state index in [9.17, 15) is 0 Å². The average Bonchev–Trinajstić information content (AvgIpc) is 2.70. The fourth-order valence-electron chi connectivity index (χ4n) is 1.74. The van der Waals surface area contributed by atoms with E-state index in [0.29, 0.717) is 0 Å². The molecule has 2 rings (SSSR count). The number of hydrogen-bond acceptors (Lipinski definition) is 2. The Morgan fingerprint density at radius 2 is 2.13 bits per heavy atom. The Morgan fingerprint density at radius 1 is 1.33 bits per heavy atom. The van der Waals surface area contributed by atoms with Crippen LogP contribution in [0, 0.1) is 13.8 Å². The van der Waals surface area contributed by atoms with Crippen LogP contribution in [0.15, 0.2) is 18.5 Å². The number of hydrogen-bond donors (Lipinski definition) is 0. The zero-order valence-corrected chi connectivity index (χ0v) is 9.44. The molecule has 0 unspecified atom stereocenters. The summed E-state index contributed by atoms with van der Waals surface area (Å²) >= 11 is 0. The number of nitrogens with zero attached hydrogens (tertiary/aromatic N) is 4. The van der Waals surface area contributed by atoms with E-state index in [-0.39, 0.29) is 0 Å². The standard InChI is InChI=1S/C11H16N4/c1-9-8-10(2)15(13-9)6-4-11-12-5-7-14(11)3/h5,7-8H,4,6H2,1-3H3. The van der Waals surface area contributed by atoms with Crippen LogP contribution in [0.2, 0.25) is 0 Å².